The molecule has 9 heteroatoms. The Morgan fingerprint density at radius 3 is 2.67 bits per heavy atom. The van der Waals surface area contributed by atoms with E-state index >= 15 is 0 Å². The fourth-order valence-corrected chi connectivity index (χ4v) is 6.08. The second-order valence-electron chi connectivity index (χ2n) is 8.80. The molecular formula is C24H20F2N4O2S. The van der Waals surface area contributed by atoms with Gasteiger partial charge in [0.1, 0.15) is 17.2 Å². The highest BCUT2D eigenvalue weighted by atomic mass is 32.2. The van der Waals surface area contributed by atoms with Crippen molar-refractivity contribution in [1.82, 2.24) is 19.5 Å². The highest BCUT2D eigenvalue weighted by Crippen LogP contribution is 2.58. The number of benzene rings is 2. The van der Waals surface area contributed by atoms with Crippen molar-refractivity contribution in [2.75, 3.05) is 0 Å². The molecule has 2 aromatic heterocycles. The number of aliphatic hydroxyl groups is 1. The minimum Gasteiger partial charge on any atom is -0.434 e. The number of hydrogen-bond donors (Lipinski definition) is 1. The molecule has 168 valence electrons. The number of ether oxygens (including phenoxy) is 1. The van der Waals surface area contributed by atoms with Gasteiger partial charge in [-0.25, -0.2) is 15.0 Å². The van der Waals surface area contributed by atoms with Crippen LogP contribution in [0.15, 0.2) is 53.7 Å². The van der Waals surface area contributed by atoms with Gasteiger partial charge in [0.15, 0.2) is 5.82 Å². The molecule has 0 aliphatic carbocycles. The summed E-state index contributed by atoms with van der Waals surface area (Å²) < 4.78 is 33.2. The number of rotatable bonds is 4. The van der Waals surface area contributed by atoms with E-state index in [1.54, 1.807) is 50.1 Å². The van der Waals surface area contributed by atoms with Crippen LogP contribution in [0.5, 0.6) is 5.75 Å². The van der Waals surface area contributed by atoms with Crippen molar-refractivity contribution >= 4 is 22.8 Å². The largest absolute Gasteiger partial charge is 0.434 e. The number of imidazole rings is 1. The second kappa shape index (κ2) is 7.23. The normalized spacial score (nSPS) is 19.1. The minimum atomic E-state index is -2.88. The van der Waals surface area contributed by atoms with Crippen LogP contribution in [-0.2, 0) is 5.60 Å². The van der Waals surface area contributed by atoms with Crippen molar-refractivity contribution in [1.29, 1.82) is 0 Å². The van der Waals surface area contributed by atoms with Gasteiger partial charge in [-0.2, -0.15) is 8.78 Å². The molecule has 0 saturated heterocycles. The number of halogens is 2. The van der Waals surface area contributed by atoms with E-state index in [1.165, 1.54) is 0 Å². The molecule has 6 nitrogen and oxygen atoms in total. The molecule has 0 unspecified atom stereocenters. The zero-order chi connectivity index (χ0) is 22.9. The molecule has 0 amide bonds. The quantitative estimate of drug-likeness (QED) is 0.431. The van der Waals surface area contributed by atoms with Crippen LogP contribution in [0.1, 0.15) is 48.8 Å². The average Bonchev–Trinajstić information content (AvgIpc) is 3.28. The van der Waals surface area contributed by atoms with Gasteiger partial charge in [-0.15, -0.1) is 11.8 Å². The lowest BCUT2D eigenvalue weighted by molar-refractivity contribution is -0.0508. The first kappa shape index (κ1) is 20.6. The molecular weight excluding hydrogens is 446 g/mol. The molecule has 0 saturated carbocycles. The number of thioether (sulfide) groups is 1. The fourth-order valence-electron chi connectivity index (χ4n) is 4.71. The summed E-state index contributed by atoms with van der Waals surface area (Å²) in [4.78, 5) is 14.5. The first-order valence-electron chi connectivity index (χ1n) is 10.6. The standard InChI is InChI=1S/C24H20F2N4O2S/c1-24(2,31)22-27-10-13(11-28-22)12-6-7-14-15(8-12)30-16-9-19(21(30)29-14)33-18-5-3-4-17(20(16)18)32-23(25)26/h3-8,10-11,16,19,23,31H,9H2,1-2H3/t16-,19-/m1/s1. The van der Waals surface area contributed by atoms with E-state index in [4.69, 9.17) is 9.72 Å². The van der Waals surface area contributed by atoms with Gasteiger partial charge in [-0.3, -0.25) is 0 Å². The Bertz CT molecular complexity index is 1380. The lowest BCUT2D eigenvalue weighted by Gasteiger charge is -2.25. The maximum Gasteiger partial charge on any atom is 0.387 e. The number of alkyl halides is 2. The van der Waals surface area contributed by atoms with E-state index in [2.05, 4.69) is 14.5 Å². The third-order valence-corrected chi connectivity index (χ3v) is 7.43. The third-order valence-electron chi connectivity index (χ3n) is 6.13. The lowest BCUT2D eigenvalue weighted by atomic mass is 10.0. The number of aromatic nitrogens is 4. The molecule has 2 aliphatic rings. The predicted molar refractivity (Wildman–Crippen MR) is 120 cm³/mol. The van der Waals surface area contributed by atoms with Gasteiger partial charge in [0, 0.05) is 28.4 Å². The zero-order valence-electron chi connectivity index (χ0n) is 17.9. The molecule has 2 bridgehead atoms. The lowest BCUT2D eigenvalue weighted by Crippen LogP contribution is -2.19. The number of hydrogen-bond acceptors (Lipinski definition) is 6. The summed E-state index contributed by atoms with van der Waals surface area (Å²) in [5, 5.41) is 10.3. The number of fused-ring (bicyclic) bond motifs is 9. The SMILES string of the molecule is CC(C)(O)c1ncc(-c2ccc3nc4n(c3c2)[C@@H]2C[C@H]4Sc3cccc(OC(F)F)c32)cn1. The maximum atomic E-state index is 13.1. The number of nitrogens with zero attached hydrogens (tertiary/aromatic N) is 4. The Balaban J connectivity index is 1.46. The Hall–Kier alpha value is -3.04. The summed E-state index contributed by atoms with van der Waals surface area (Å²) in [6.45, 7) is 0.408. The summed E-state index contributed by atoms with van der Waals surface area (Å²) in [5.74, 6) is 1.52. The predicted octanol–water partition coefficient (Wildman–Crippen LogP) is 5.46. The van der Waals surface area contributed by atoms with Crippen molar-refractivity contribution in [2.45, 2.75) is 48.7 Å². The molecule has 2 aromatic carbocycles. The van der Waals surface area contributed by atoms with Crippen LogP contribution in [0.2, 0.25) is 0 Å². The van der Waals surface area contributed by atoms with Crippen molar-refractivity contribution < 1.29 is 18.6 Å². The summed E-state index contributed by atoms with van der Waals surface area (Å²) in [5.41, 5.74) is 3.20. The van der Waals surface area contributed by atoms with Gasteiger partial charge in [0.2, 0.25) is 0 Å². The van der Waals surface area contributed by atoms with E-state index < -0.39 is 12.2 Å². The molecule has 0 spiro atoms. The molecule has 0 radical (unpaired) electrons. The summed E-state index contributed by atoms with van der Waals surface area (Å²) in [6, 6.07) is 11.2. The highest BCUT2D eigenvalue weighted by Gasteiger charge is 2.42. The summed E-state index contributed by atoms with van der Waals surface area (Å²) in [7, 11) is 0. The van der Waals surface area contributed by atoms with Gasteiger partial charge in [0.05, 0.1) is 22.3 Å². The van der Waals surface area contributed by atoms with Gasteiger partial charge in [-0.05, 0) is 50.1 Å². The van der Waals surface area contributed by atoms with Crippen LogP contribution in [0.4, 0.5) is 8.78 Å². The van der Waals surface area contributed by atoms with E-state index in [0.29, 0.717) is 5.82 Å². The van der Waals surface area contributed by atoms with Gasteiger partial charge >= 0.3 is 6.61 Å². The van der Waals surface area contributed by atoms with Crippen LogP contribution in [0.25, 0.3) is 22.2 Å². The van der Waals surface area contributed by atoms with E-state index in [9.17, 15) is 13.9 Å². The van der Waals surface area contributed by atoms with Gasteiger partial charge < -0.3 is 14.4 Å². The zero-order valence-corrected chi connectivity index (χ0v) is 18.7. The fraction of sp³-hybridized carbons (Fsp3) is 0.292. The summed E-state index contributed by atoms with van der Waals surface area (Å²) in [6.07, 6.45) is 4.18. The second-order valence-corrected chi connectivity index (χ2v) is 10.0. The molecule has 1 N–H and O–H groups in total. The Labute approximate surface area is 192 Å². The van der Waals surface area contributed by atoms with Crippen molar-refractivity contribution in [3.05, 3.63) is 66.0 Å². The Morgan fingerprint density at radius 1 is 1.15 bits per heavy atom. The van der Waals surface area contributed by atoms with Crippen molar-refractivity contribution in [2.24, 2.45) is 0 Å². The van der Waals surface area contributed by atoms with Crippen molar-refractivity contribution in [3.8, 4) is 16.9 Å². The van der Waals surface area contributed by atoms with Crippen LogP contribution in [0.3, 0.4) is 0 Å². The first-order chi connectivity index (χ1) is 15.8. The molecule has 2 aliphatic heterocycles. The highest BCUT2D eigenvalue weighted by molar-refractivity contribution is 7.99. The van der Waals surface area contributed by atoms with Crippen LogP contribution in [-0.4, -0.2) is 31.2 Å². The van der Waals surface area contributed by atoms with Crippen LogP contribution < -0.4 is 4.74 Å². The summed E-state index contributed by atoms with van der Waals surface area (Å²) >= 11 is 1.65. The Kier molecular flexibility index (Phi) is 4.50. The third kappa shape index (κ3) is 3.29. The molecule has 4 heterocycles. The molecule has 4 aromatic rings. The van der Waals surface area contributed by atoms with Crippen LogP contribution >= 0.6 is 11.8 Å². The van der Waals surface area contributed by atoms with Crippen LogP contribution in [0, 0.1) is 0 Å². The van der Waals surface area contributed by atoms with Crippen molar-refractivity contribution in [3.63, 3.8) is 0 Å². The Morgan fingerprint density at radius 2 is 1.94 bits per heavy atom. The van der Waals surface area contributed by atoms with E-state index in [1.807, 2.05) is 24.3 Å². The maximum absolute atomic E-state index is 13.1. The van der Waals surface area contributed by atoms with E-state index in [0.717, 1.165) is 44.9 Å². The molecule has 0 fully saturated rings. The first-order valence-corrected chi connectivity index (χ1v) is 11.5. The molecule has 6 rings (SSSR count). The molecule has 33 heavy (non-hydrogen) atoms. The topological polar surface area (TPSA) is 73.1 Å². The van der Waals surface area contributed by atoms with Gasteiger partial charge in [0.25, 0.3) is 0 Å². The minimum absolute atomic E-state index is 0.120. The monoisotopic (exact) mass is 466 g/mol. The van der Waals surface area contributed by atoms with E-state index in [-0.39, 0.29) is 17.0 Å². The molecule has 2 atom stereocenters. The smallest absolute Gasteiger partial charge is 0.387 e. The van der Waals surface area contributed by atoms with Gasteiger partial charge in [-0.1, -0.05) is 12.1 Å². The average molecular weight is 467 g/mol.